The number of nitrogens with zero attached hydrogens (tertiary/aromatic N) is 1. The van der Waals surface area contributed by atoms with Crippen molar-refractivity contribution in [1.29, 1.82) is 0 Å². The van der Waals surface area contributed by atoms with E-state index in [1.165, 1.54) is 12.8 Å². The fourth-order valence-corrected chi connectivity index (χ4v) is 3.22. The highest BCUT2D eigenvalue weighted by Crippen LogP contribution is 2.22. The van der Waals surface area contributed by atoms with Crippen LogP contribution < -0.4 is 5.32 Å². The van der Waals surface area contributed by atoms with Crippen LogP contribution in [0.3, 0.4) is 0 Å². The minimum absolute atomic E-state index is 0.0159. The second-order valence-electron chi connectivity index (χ2n) is 5.85. The van der Waals surface area contributed by atoms with Gasteiger partial charge < -0.3 is 10.2 Å². The lowest BCUT2D eigenvalue weighted by Gasteiger charge is -2.29. The first-order valence-electron chi connectivity index (χ1n) is 7.89. The molecule has 1 N–H and O–H groups in total. The Morgan fingerprint density at radius 2 is 1.73 bits per heavy atom. The van der Waals surface area contributed by atoms with Crippen LogP contribution in [-0.4, -0.2) is 29.3 Å². The molecule has 1 fully saturated rings. The molecule has 2 rings (SSSR count). The lowest BCUT2D eigenvalue weighted by molar-refractivity contribution is -0.135. The van der Waals surface area contributed by atoms with Crippen LogP contribution in [0.15, 0.2) is 28.7 Å². The minimum atomic E-state index is -0.137. The number of carbonyl (C=O) groups excluding carboxylic acids is 2. The number of anilines is 1. The van der Waals surface area contributed by atoms with E-state index >= 15 is 0 Å². The number of hydrogen-bond donors (Lipinski definition) is 1. The molecule has 0 aromatic heterocycles. The van der Waals surface area contributed by atoms with Crippen LogP contribution in [-0.2, 0) is 9.59 Å². The Labute approximate surface area is 140 Å². The summed E-state index contributed by atoms with van der Waals surface area (Å²) in [7, 11) is 0. The van der Waals surface area contributed by atoms with Crippen LogP contribution in [0.2, 0.25) is 0 Å². The van der Waals surface area contributed by atoms with E-state index in [0.29, 0.717) is 0 Å². The van der Waals surface area contributed by atoms with E-state index in [-0.39, 0.29) is 24.4 Å². The van der Waals surface area contributed by atoms with Crippen molar-refractivity contribution < 1.29 is 9.59 Å². The summed E-state index contributed by atoms with van der Waals surface area (Å²) in [5.41, 5.74) is 0.748. The van der Waals surface area contributed by atoms with Gasteiger partial charge in [0.15, 0.2) is 0 Å². The summed E-state index contributed by atoms with van der Waals surface area (Å²) in [4.78, 5) is 25.9. The van der Waals surface area contributed by atoms with Crippen molar-refractivity contribution in [3.05, 3.63) is 28.7 Å². The van der Waals surface area contributed by atoms with Gasteiger partial charge in [0.2, 0.25) is 11.8 Å². The maximum Gasteiger partial charge on any atom is 0.244 e. The number of hydrogen-bond acceptors (Lipinski definition) is 2. The molecule has 1 aliphatic rings. The van der Waals surface area contributed by atoms with Gasteiger partial charge in [-0.2, -0.15) is 0 Å². The number of benzene rings is 1. The number of carbonyl (C=O) groups is 2. The van der Waals surface area contributed by atoms with Crippen molar-refractivity contribution in [2.24, 2.45) is 0 Å². The molecular formula is C17H23BrN2O2. The molecule has 1 aromatic rings. The predicted octanol–water partition coefficient (Wildman–Crippen LogP) is 3.96. The van der Waals surface area contributed by atoms with Crippen LogP contribution in [0.4, 0.5) is 5.69 Å². The maximum absolute atomic E-state index is 12.2. The zero-order valence-electron chi connectivity index (χ0n) is 13.0. The lowest BCUT2D eigenvalue weighted by atomic mass is 10.1. The largest absolute Gasteiger partial charge is 0.331 e. The summed E-state index contributed by atoms with van der Waals surface area (Å²) >= 11 is 3.36. The van der Waals surface area contributed by atoms with Gasteiger partial charge in [-0.25, -0.2) is 0 Å². The van der Waals surface area contributed by atoms with Gasteiger partial charge in [0.05, 0.1) is 0 Å². The first-order chi connectivity index (χ1) is 10.6. The van der Waals surface area contributed by atoms with Crippen molar-refractivity contribution in [3.8, 4) is 0 Å². The zero-order valence-corrected chi connectivity index (χ0v) is 14.6. The standard InChI is InChI=1S/C17H23BrN2O2/c1-13(21)20(16-6-4-2-3-5-7-16)12-17(22)19-15-10-8-14(18)9-11-15/h8-11,16H,2-7,12H2,1H3,(H,19,22). The third-order valence-corrected chi connectivity index (χ3v) is 4.64. The number of halogens is 1. The molecule has 1 aromatic carbocycles. The van der Waals surface area contributed by atoms with Gasteiger partial charge in [0, 0.05) is 23.1 Å². The third kappa shape index (κ3) is 5.13. The van der Waals surface area contributed by atoms with Crippen molar-refractivity contribution in [2.75, 3.05) is 11.9 Å². The molecule has 22 heavy (non-hydrogen) atoms. The summed E-state index contributed by atoms with van der Waals surface area (Å²) in [6.45, 7) is 1.69. The molecule has 0 saturated heterocycles. The fraction of sp³-hybridized carbons (Fsp3) is 0.529. The third-order valence-electron chi connectivity index (χ3n) is 4.11. The summed E-state index contributed by atoms with van der Waals surface area (Å²) in [6.07, 6.45) is 6.75. The molecule has 1 saturated carbocycles. The van der Waals surface area contributed by atoms with E-state index in [0.717, 1.165) is 35.8 Å². The summed E-state index contributed by atoms with van der Waals surface area (Å²) in [6, 6.07) is 7.64. The quantitative estimate of drug-likeness (QED) is 0.819. The van der Waals surface area contributed by atoms with Crippen LogP contribution in [0.1, 0.15) is 45.4 Å². The van der Waals surface area contributed by atoms with E-state index in [9.17, 15) is 9.59 Å². The Bertz CT molecular complexity index is 508. The molecule has 0 radical (unpaired) electrons. The Morgan fingerprint density at radius 1 is 1.14 bits per heavy atom. The van der Waals surface area contributed by atoms with Gasteiger partial charge in [-0.15, -0.1) is 0 Å². The van der Waals surface area contributed by atoms with E-state index in [2.05, 4.69) is 21.2 Å². The summed E-state index contributed by atoms with van der Waals surface area (Å²) < 4.78 is 0.967. The van der Waals surface area contributed by atoms with Crippen molar-refractivity contribution >= 4 is 33.4 Å². The molecule has 0 unspecified atom stereocenters. The van der Waals surface area contributed by atoms with E-state index < -0.39 is 0 Å². The molecule has 1 aliphatic carbocycles. The zero-order chi connectivity index (χ0) is 15.9. The smallest absolute Gasteiger partial charge is 0.244 e. The topological polar surface area (TPSA) is 49.4 Å². The molecule has 120 valence electrons. The van der Waals surface area contributed by atoms with Crippen LogP contribution in [0.5, 0.6) is 0 Å². The molecule has 0 spiro atoms. The average molecular weight is 367 g/mol. The summed E-state index contributed by atoms with van der Waals surface area (Å²) in [5.74, 6) is -0.153. The molecular weight excluding hydrogens is 344 g/mol. The lowest BCUT2D eigenvalue weighted by Crippen LogP contribution is -2.43. The SMILES string of the molecule is CC(=O)N(CC(=O)Nc1ccc(Br)cc1)C1CCCCCC1. The molecule has 0 atom stereocenters. The monoisotopic (exact) mass is 366 g/mol. The first kappa shape index (κ1) is 17.0. The Morgan fingerprint density at radius 3 is 2.27 bits per heavy atom. The van der Waals surface area contributed by atoms with Gasteiger partial charge in [-0.3, -0.25) is 9.59 Å². The van der Waals surface area contributed by atoms with Crippen molar-refractivity contribution in [1.82, 2.24) is 4.90 Å². The van der Waals surface area contributed by atoms with Gasteiger partial charge in [-0.05, 0) is 37.1 Å². The average Bonchev–Trinajstić information content (AvgIpc) is 2.76. The van der Waals surface area contributed by atoms with Gasteiger partial charge in [0.1, 0.15) is 6.54 Å². The highest BCUT2D eigenvalue weighted by molar-refractivity contribution is 9.10. The second kappa shape index (κ2) is 8.32. The number of nitrogens with one attached hydrogen (secondary N) is 1. The molecule has 4 nitrogen and oxygen atoms in total. The van der Waals surface area contributed by atoms with Crippen LogP contribution in [0.25, 0.3) is 0 Å². The normalized spacial score (nSPS) is 15.9. The fourth-order valence-electron chi connectivity index (χ4n) is 2.96. The molecule has 0 heterocycles. The number of rotatable bonds is 4. The van der Waals surface area contributed by atoms with Crippen molar-refractivity contribution in [3.63, 3.8) is 0 Å². The molecule has 5 heteroatoms. The van der Waals surface area contributed by atoms with E-state index in [1.807, 2.05) is 24.3 Å². The molecule has 2 amide bonds. The molecule has 0 aliphatic heterocycles. The molecule has 0 bridgehead atoms. The highest BCUT2D eigenvalue weighted by Gasteiger charge is 2.24. The predicted molar refractivity (Wildman–Crippen MR) is 91.6 cm³/mol. The van der Waals surface area contributed by atoms with Crippen LogP contribution >= 0.6 is 15.9 Å². The van der Waals surface area contributed by atoms with Gasteiger partial charge >= 0.3 is 0 Å². The van der Waals surface area contributed by atoms with Gasteiger partial charge in [0.25, 0.3) is 0 Å². The number of amides is 2. The Kier molecular flexibility index (Phi) is 6.43. The van der Waals surface area contributed by atoms with Gasteiger partial charge in [-0.1, -0.05) is 41.6 Å². The maximum atomic E-state index is 12.2. The Hall–Kier alpha value is -1.36. The van der Waals surface area contributed by atoms with Crippen LogP contribution in [0, 0.1) is 0 Å². The van der Waals surface area contributed by atoms with E-state index in [1.54, 1.807) is 11.8 Å². The highest BCUT2D eigenvalue weighted by atomic mass is 79.9. The van der Waals surface area contributed by atoms with E-state index in [4.69, 9.17) is 0 Å². The summed E-state index contributed by atoms with van der Waals surface area (Å²) in [5, 5.41) is 2.86. The first-order valence-corrected chi connectivity index (χ1v) is 8.68. The second-order valence-corrected chi connectivity index (χ2v) is 6.76. The minimum Gasteiger partial charge on any atom is -0.331 e. The Balaban J connectivity index is 1.96. The van der Waals surface area contributed by atoms with Crippen molar-refractivity contribution in [2.45, 2.75) is 51.5 Å².